The number of hydrogen-bond acceptors (Lipinski definition) is 2. The molecule has 1 aromatic rings. The van der Waals surface area contributed by atoms with Gasteiger partial charge in [-0.05, 0) is 48.8 Å². The molecule has 2 heteroatoms. The summed E-state index contributed by atoms with van der Waals surface area (Å²) in [5.74, 6) is 0. The Balaban J connectivity index is 1.80. The molecule has 1 aliphatic carbocycles. The van der Waals surface area contributed by atoms with Gasteiger partial charge in [0.15, 0.2) is 0 Å². The summed E-state index contributed by atoms with van der Waals surface area (Å²) in [6, 6.07) is 8.70. The van der Waals surface area contributed by atoms with E-state index in [2.05, 4.69) is 36.9 Å². The van der Waals surface area contributed by atoms with Crippen molar-refractivity contribution in [2.75, 3.05) is 13.1 Å². The van der Waals surface area contributed by atoms with Crippen LogP contribution < -0.4 is 0 Å². The lowest BCUT2D eigenvalue weighted by Gasteiger charge is -2.45. The summed E-state index contributed by atoms with van der Waals surface area (Å²) in [6.45, 7) is 6.97. The standard InChI is InChI=1S/C17H25NO/c1-17(2)10-5-11-18(12-17)15-9-8-13-6-3-4-7-14(13)16(15)19/h3-4,6-7,15-16,19H,5,8-12H2,1-2H3. The Hall–Kier alpha value is -0.860. The van der Waals surface area contributed by atoms with E-state index in [-0.39, 0.29) is 6.10 Å². The lowest BCUT2D eigenvalue weighted by atomic mass is 9.80. The summed E-state index contributed by atoms with van der Waals surface area (Å²) in [6.07, 6.45) is 4.46. The Kier molecular flexibility index (Phi) is 3.40. The van der Waals surface area contributed by atoms with Gasteiger partial charge < -0.3 is 5.11 Å². The van der Waals surface area contributed by atoms with E-state index < -0.39 is 0 Å². The molecule has 0 aromatic heterocycles. The smallest absolute Gasteiger partial charge is 0.0947 e. The van der Waals surface area contributed by atoms with Crippen molar-refractivity contribution < 1.29 is 5.11 Å². The van der Waals surface area contributed by atoms with Gasteiger partial charge in [-0.25, -0.2) is 0 Å². The Morgan fingerprint density at radius 1 is 1.26 bits per heavy atom. The molecule has 1 heterocycles. The third-order valence-corrected chi connectivity index (χ3v) is 4.85. The molecule has 1 fully saturated rings. The van der Waals surface area contributed by atoms with Gasteiger partial charge in [0.25, 0.3) is 0 Å². The van der Waals surface area contributed by atoms with Crippen LogP contribution in [0.5, 0.6) is 0 Å². The third kappa shape index (κ3) is 2.56. The summed E-state index contributed by atoms with van der Waals surface area (Å²) in [5.41, 5.74) is 2.89. The highest BCUT2D eigenvalue weighted by atomic mass is 16.3. The van der Waals surface area contributed by atoms with Crippen LogP contribution in [0.25, 0.3) is 0 Å². The molecule has 0 saturated carbocycles. The number of aliphatic hydroxyl groups excluding tert-OH is 1. The Bertz CT molecular complexity index is 454. The summed E-state index contributed by atoms with van der Waals surface area (Å²) in [5, 5.41) is 10.7. The summed E-state index contributed by atoms with van der Waals surface area (Å²) >= 11 is 0. The number of aryl methyl sites for hydroxylation is 1. The minimum Gasteiger partial charge on any atom is -0.387 e. The molecule has 0 radical (unpaired) electrons. The number of nitrogens with zero attached hydrogens (tertiary/aromatic N) is 1. The molecule has 0 bridgehead atoms. The molecular weight excluding hydrogens is 234 g/mol. The zero-order chi connectivity index (χ0) is 13.5. The van der Waals surface area contributed by atoms with Crippen LogP contribution in [0.4, 0.5) is 0 Å². The number of benzene rings is 1. The van der Waals surface area contributed by atoms with Crippen molar-refractivity contribution in [2.24, 2.45) is 5.41 Å². The topological polar surface area (TPSA) is 23.5 Å². The zero-order valence-corrected chi connectivity index (χ0v) is 12.1. The maximum absolute atomic E-state index is 10.7. The largest absolute Gasteiger partial charge is 0.387 e. The van der Waals surface area contributed by atoms with Gasteiger partial charge in [0.2, 0.25) is 0 Å². The number of likely N-dealkylation sites (tertiary alicyclic amines) is 1. The number of fused-ring (bicyclic) bond motifs is 1. The Morgan fingerprint density at radius 2 is 2.05 bits per heavy atom. The fourth-order valence-corrected chi connectivity index (χ4v) is 3.85. The fraction of sp³-hybridized carbons (Fsp3) is 0.647. The first-order valence-corrected chi connectivity index (χ1v) is 7.57. The maximum atomic E-state index is 10.7. The Labute approximate surface area is 116 Å². The van der Waals surface area contributed by atoms with Crippen molar-refractivity contribution in [1.29, 1.82) is 0 Å². The number of aliphatic hydroxyl groups is 1. The number of hydrogen-bond donors (Lipinski definition) is 1. The highest BCUT2D eigenvalue weighted by Crippen LogP contribution is 2.37. The molecular formula is C17H25NO. The highest BCUT2D eigenvalue weighted by Gasteiger charge is 2.36. The van der Waals surface area contributed by atoms with E-state index in [1.165, 1.54) is 18.4 Å². The van der Waals surface area contributed by atoms with Crippen molar-refractivity contribution in [3.8, 4) is 0 Å². The highest BCUT2D eigenvalue weighted by molar-refractivity contribution is 5.32. The van der Waals surface area contributed by atoms with E-state index in [4.69, 9.17) is 0 Å². The van der Waals surface area contributed by atoms with Gasteiger partial charge in [-0.15, -0.1) is 0 Å². The van der Waals surface area contributed by atoms with Crippen molar-refractivity contribution in [3.63, 3.8) is 0 Å². The van der Waals surface area contributed by atoms with Crippen LogP contribution >= 0.6 is 0 Å². The molecule has 0 amide bonds. The predicted molar refractivity (Wildman–Crippen MR) is 78.1 cm³/mol. The Morgan fingerprint density at radius 3 is 2.84 bits per heavy atom. The van der Waals surface area contributed by atoms with Gasteiger partial charge in [0.05, 0.1) is 6.10 Å². The molecule has 104 valence electrons. The van der Waals surface area contributed by atoms with Gasteiger partial charge in [0, 0.05) is 12.6 Å². The van der Waals surface area contributed by atoms with Crippen LogP contribution in [0.1, 0.15) is 50.3 Å². The van der Waals surface area contributed by atoms with Crippen LogP contribution in [-0.4, -0.2) is 29.1 Å². The molecule has 1 saturated heterocycles. The van der Waals surface area contributed by atoms with Crippen LogP contribution in [0.3, 0.4) is 0 Å². The van der Waals surface area contributed by atoms with Gasteiger partial charge in [0.1, 0.15) is 0 Å². The lowest BCUT2D eigenvalue weighted by molar-refractivity contribution is -0.00349. The second kappa shape index (κ2) is 4.92. The first-order valence-electron chi connectivity index (χ1n) is 7.57. The average molecular weight is 259 g/mol. The maximum Gasteiger partial charge on any atom is 0.0947 e. The monoisotopic (exact) mass is 259 g/mol. The molecule has 3 rings (SSSR count). The van der Waals surface area contributed by atoms with Gasteiger partial charge >= 0.3 is 0 Å². The second-order valence-electron chi connectivity index (χ2n) is 6.99. The van der Waals surface area contributed by atoms with E-state index in [0.717, 1.165) is 31.5 Å². The van der Waals surface area contributed by atoms with Crippen molar-refractivity contribution in [3.05, 3.63) is 35.4 Å². The number of piperidine rings is 1. The van der Waals surface area contributed by atoms with Crippen molar-refractivity contribution in [1.82, 2.24) is 4.90 Å². The minimum atomic E-state index is -0.307. The molecule has 1 N–H and O–H groups in total. The molecule has 1 aliphatic heterocycles. The van der Waals surface area contributed by atoms with Gasteiger partial charge in [-0.1, -0.05) is 38.1 Å². The van der Waals surface area contributed by atoms with Crippen LogP contribution in [0.15, 0.2) is 24.3 Å². The van der Waals surface area contributed by atoms with E-state index in [9.17, 15) is 5.11 Å². The van der Waals surface area contributed by atoms with E-state index in [1.54, 1.807) is 0 Å². The fourth-order valence-electron chi connectivity index (χ4n) is 3.85. The van der Waals surface area contributed by atoms with Crippen LogP contribution in [0.2, 0.25) is 0 Å². The third-order valence-electron chi connectivity index (χ3n) is 4.85. The minimum absolute atomic E-state index is 0.307. The predicted octanol–water partition coefficient (Wildman–Crippen LogP) is 3.16. The first-order chi connectivity index (χ1) is 9.07. The van der Waals surface area contributed by atoms with Crippen molar-refractivity contribution in [2.45, 2.75) is 51.7 Å². The summed E-state index contributed by atoms with van der Waals surface area (Å²) < 4.78 is 0. The lowest BCUT2D eigenvalue weighted by Crippen LogP contribution is -2.49. The quantitative estimate of drug-likeness (QED) is 0.837. The molecule has 0 spiro atoms. The van der Waals surface area contributed by atoms with Crippen LogP contribution in [-0.2, 0) is 6.42 Å². The summed E-state index contributed by atoms with van der Waals surface area (Å²) in [7, 11) is 0. The second-order valence-corrected chi connectivity index (χ2v) is 6.99. The molecule has 2 aliphatic rings. The van der Waals surface area contributed by atoms with Gasteiger partial charge in [-0.3, -0.25) is 4.90 Å². The van der Waals surface area contributed by atoms with E-state index in [0.29, 0.717) is 11.5 Å². The zero-order valence-electron chi connectivity index (χ0n) is 12.1. The first kappa shape index (κ1) is 13.1. The molecule has 2 atom stereocenters. The van der Waals surface area contributed by atoms with E-state index in [1.807, 2.05) is 6.07 Å². The number of rotatable bonds is 1. The molecule has 2 unspecified atom stereocenters. The van der Waals surface area contributed by atoms with Gasteiger partial charge in [-0.2, -0.15) is 0 Å². The normalized spacial score (nSPS) is 30.9. The SMILES string of the molecule is CC1(C)CCCN(C2CCc3ccccc3C2O)C1. The van der Waals surface area contributed by atoms with Crippen molar-refractivity contribution >= 4 is 0 Å². The average Bonchev–Trinajstić information content (AvgIpc) is 2.38. The molecule has 1 aromatic carbocycles. The molecule has 2 nitrogen and oxygen atoms in total. The molecule has 19 heavy (non-hydrogen) atoms. The van der Waals surface area contributed by atoms with Crippen LogP contribution in [0, 0.1) is 5.41 Å². The van der Waals surface area contributed by atoms with E-state index >= 15 is 0 Å². The summed E-state index contributed by atoms with van der Waals surface area (Å²) in [4.78, 5) is 2.53.